The summed E-state index contributed by atoms with van der Waals surface area (Å²) < 4.78 is 40.6. The lowest BCUT2D eigenvalue weighted by Crippen LogP contribution is -2.18. The molecule has 18 heavy (non-hydrogen) atoms. The zero-order valence-corrected chi connectivity index (χ0v) is 10.2. The van der Waals surface area contributed by atoms with Gasteiger partial charge in [-0.25, -0.2) is 0 Å². The van der Waals surface area contributed by atoms with E-state index in [2.05, 4.69) is 5.32 Å². The van der Waals surface area contributed by atoms with Crippen molar-refractivity contribution in [2.45, 2.75) is 5.51 Å². The highest BCUT2D eigenvalue weighted by Gasteiger charge is 2.29. The fourth-order valence-corrected chi connectivity index (χ4v) is 1.47. The summed E-state index contributed by atoms with van der Waals surface area (Å²) in [5.41, 5.74) is 1.62. The Morgan fingerprint density at radius 3 is 2.72 bits per heavy atom. The first kappa shape index (κ1) is 14.5. The van der Waals surface area contributed by atoms with Gasteiger partial charge in [0.15, 0.2) is 0 Å². The average molecular weight is 280 g/mol. The van der Waals surface area contributed by atoms with Crippen LogP contribution in [-0.4, -0.2) is 24.3 Å². The number of hydrogen-bond acceptors (Lipinski definition) is 4. The summed E-state index contributed by atoms with van der Waals surface area (Å²) in [6, 6.07) is 4.51. The van der Waals surface area contributed by atoms with Crippen LogP contribution in [0.2, 0.25) is 0 Å². The summed E-state index contributed by atoms with van der Waals surface area (Å²) >= 11 is -0.407. The number of carbonyl (C=O) groups is 1. The highest BCUT2D eigenvalue weighted by molar-refractivity contribution is 8.00. The van der Waals surface area contributed by atoms with Crippen molar-refractivity contribution in [3.8, 4) is 5.75 Å². The van der Waals surface area contributed by atoms with E-state index in [0.717, 1.165) is 0 Å². The van der Waals surface area contributed by atoms with Crippen molar-refractivity contribution in [1.29, 1.82) is 0 Å². The molecular formula is C10H11F3N2O2S. The van der Waals surface area contributed by atoms with E-state index in [0.29, 0.717) is 5.75 Å². The zero-order chi connectivity index (χ0) is 13.8. The van der Waals surface area contributed by atoms with Crippen LogP contribution in [0.25, 0.3) is 0 Å². The number of alkyl halides is 3. The summed E-state index contributed by atoms with van der Waals surface area (Å²) in [6.45, 7) is 0. The molecule has 1 aromatic carbocycles. The number of nitrogen functional groups attached to an aromatic ring is 1. The third-order valence-electron chi connectivity index (χ3n) is 1.90. The van der Waals surface area contributed by atoms with Crippen LogP contribution in [0.5, 0.6) is 5.75 Å². The van der Waals surface area contributed by atoms with Gasteiger partial charge in [0.2, 0.25) is 5.91 Å². The fraction of sp³-hybridized carbons (Fsp3) is 0.300. The number of methoxy groups -OCH3 is 1. The Kier molecular flexibility index (Phi) is 4.71. The SMILES string of the molecule is COc1ccc(N)c(NC(=O)CSC(F)(F)F)c1. The lowest BCUT2D eigenvalue weighted by atomic mass is 10.2. The molecule has 0 unspecified atom stereocenters. The summed E-state index contributed by atoms with van der Waals surface area (Å²) in [5.74, 6) is -1.06. The predicted molar refractivity (Wildman–Crippen MR) is 64.5 cm³/mol. The van der Waals surface area contributed by atoms with Gasteiger partial charge < -0.3 is 15.8 Å². The first-order valence-corrected chi connectivity index (χ1v) is 5.74. The Morgan fingerprint density at radius 2 is 2.17 bits per heavy atom. The van der Waals surface area contributed by atoms with Gasteiger partial charge in [0.1, 0.15) is 5.75 Å². The molecule has 0 aliphatic rings. The third kappa shape index (κ3) is 4.74. The Bertz CT molecular complexity index is 438. The molecule has 0 fully saturated rings. The molecule has 0 aliphatic heterocycles. The second kappa shape index (κ2) is 5.85. The monoisotopic (exact) mass is 280 g/mol. The van der Waals surface area contributed by atoms with Gasteiger partial charge in [-0.2, -0.15) is 13.2 Å². The lowest BCUT2D eigenvalue weighted by molar-refractivity contribution is -0.114. The zero-order valence-electron chi connectivity index (χ0n) is 9.38. The molecule has 1 amide bonds. The van der Waals surface area contributed by atoms with E-state index in [-0.39, 0.29) is 11.4 Å². The number of rotatable bonds is 4. The molecule has 0 bridgehead atoms. The van der Waals surface area contributed by atoms with Crippen molar-refractivity contribution in [1.82, 2.24) is 0 Å². The van der Waals surface area contributed by atoms with Crippen LogP contribution in [0.1, 0.15) is 0 Å². The highest BCUT2D eigenvalue weighted by atomic mass is 32.2. The molecule has 0 radical (unpaired) electrons. The number of hydrogen-bond donors (Lipinski definition) is 2. The molecular weight excluding hydrogens is 269 g/mol. The molecule has 0 atom stereocenters. The van der Waals surface area contributed by atoms with Crippen molar-refractivity contribution in [2.75, 3.05) is 23.9 Å². The molecule has 0 saturated heterocycles. The number of halogens is 3. The van der Waals surface area contributed by atoms with Crippen LogP contribution in [0.15, 0.2) is 18.2 Å². The standard InChI is InChI=1S/C10H11F3N2O2S/c1-17-6-2-3-7(14)8(4-6)15-9(16)5-18-10(11,12)13/h2-4H,5,14H2,1H3,(H,15,16). The summed E-state index contributed by atoms with van der Waals surface area (Å²) in [6.07, 6.45) is 0. The first-order valence-electron chi connectivity index (χ1n) is 4.76. The average Bonchev–Trinajstić information content (AvgIpc) is 2.28. The van der Waals surface area contributed by atoms with Gasteiger partial charge in [-0.05, 0) is 23.9 Å². The summed E-state index contributed by atoms with van der Waals surface area (Å²) in [5, 5.41) is 2.29. The van der Waals surface area contributed by atoms with Gasteiger partial charge in [-0.1, -0.05) is 0 Å². The minimum atomic E-state index is -4.43. The minimum absolute atomic E-state index is 0.224. The van der Waals surface area contributed by atoms with Crippen molar-refractivity contribution >= 4 is 29.0 Å². The van der Waals surface area contributed by atoms with Crippen molar-refractivity contribution < 1.29 is 22.7 Å². The molecule has 0 spiro atoms. The van der Waals surface area contributed by atoms with E-state index >= 15 is 0 Å². The lowest BCUT2D eigenvalue weighted by Gasteiger charge is -2.10. The van der Waals surface area contributed by atoms with E-state index in [1.165, 1.54) is 19.2 Å². The highest BCUT2D eigenvalue weighted by Crippen LogP contribution is 2.30. The number of nitrogens with one attached hydrogen (secondary N) is 1. The number of ether oxygens (including phenoxy) is 1. The van der Waals surface area contributed by atoms with E-state index in [1.807, 2.05) is 0 Å². The number of thioether (sulfide) groups is 1. The van der Waals surface area contributed by atoms with E-state index in [1.54, 1.807) is 6.07 Å². The van der Waals surface area contributed by atoms with Crippen LogP contribution < -0.4 is 15.8 Å². The third-order valence-corrected chi connectivity index (χ3v) is 2.64. The second-order valence-electron chi connectivity index (χ2n) is 3.24. The van der Waals surface area contributed by atoms with Crippen LogP contribution >= 0.6 is 11.8 Å². The Labute approximate surface area is 106 Å². The molecule has 0 aliphatic carbocycles. The number of benzene rings is 1. The van der Waals surface area contributed by atoms with Gasteiger partial charge in [-0.3, -0.25) is 4.79 Å². The number of nitrogens with two attached hydrogens (primary N) is 1. The van der Waals surface area contributed by atoms with Crippen molar-refractivity contribution in [3.63, 3.8) is 0 Å². The van der Waals surface area contributed by atoms with Crippen molar-refractivity contribution in [2.24, 2.45) is 0 Å². The van der Waals surface area contributed by atoms with E-state index < -0.39 is 28.9 Å². The summed E-state index contributed by atoms with van der Waals surface area (Å²) in [7, 11) is 1.43. The maximum absolute atomic E-state index is 11.9. The van der Waals surface area contributed by atoms with Gasteiger partial charge in [0.25, 0.3) is 0 Å². The van der Waals surface area contributed by atoms with Crippen LogP contribution in [0.4, 0.5) is 24.5 Å². The molecule has 0 heterocycles. The minimum Gasteiger partial charge on any atom is -0.497 e. The Hall–Kier alpha value is -1.57. The quantitative estimate of drug-likeness (QED) is 0.832. The van der Waals surface area contributed by atoms with E-state index in [9.17, 15) is 18.0 Å². The van der Waals surface area contributed by atoms with Gasteiger partial charge in [0.05, 0.1) is 24.2 Å². The molecule has 1 rings (SSSR count). The maximum atomic E-state index is 11.9. The Balaban J connectivity index is 2.64. The topological polar surface area (TPSA) is 64.3 Å². The second-order valence-corrected chi connectivity index (χ2v) is 4.28. The first-order chi connectivity index (χ1) is 8.31. The van der Waals surface area contributed by atoms with Crippen molar-refractivity contribution in [3.05, 3.63) is 18.2 Å². The van der Waals surface area contributed by atoms with Crippen LogP contribution in [0.3, 0.4) is 0 Å². The molecule has 8 heteroatoms. The normalized spacial score (nSPS) is 11.1. The molecule has 1 aromatic rings. The predicted octanol–water partition coefficient (Wildman–Crippen LogP) is 2.47. The fourth-order valence-electron chi connectivity index (χ4n) is 1.10. The molecule has 0 aromatic heterocycles. The molecule has 3 N–H and O–H groups in total. The Morgan fingerprint density at radius 1 is 1.50 bits per heavy atom. The summed E-state index contributed by atoms with van der Waals surface area (Å²) in [4.78, 5) is 11.3. The van der Waals surface area contributed by atoms with Gasteiger partial charge in [0, 0.05) is 6.07 Å². The van der Waals surface area contributed by atoms with Gasteiger partial charge >= 0.3 is 5.51 Å². The molecule has 100 valence electrons. The molecule has 4 nitrogen and oxygen atoms in total. The van der Waals surface area contributed by atoms with Crippen LogP contribution in [0, 0.1) is 0 Å². The maximum Gasteiger partial charge on any atom is 0.442 e. The van der Waals surface area contributed by atoms with Crippen LogP contribution in [-0.2, 0) is 4.79 Å². The molecule has 0 saturated carbocycles. The number of carbonyl (C=O) groups excluding carboxylic acids is 1. The largest absolute Gasteiger partial charge is 0.497 e. The number of anilines is 2. The van der Waals surface area contributed by atoms with Gasteiger partial charge in [-0.15, -0.1) is 0 Å². The smallest absolute Gasteiger partial charge is 0.442 e. The van der Waals surface area contributed by atoms with E-state index in [4.69, 9.17) is 10.5 Å². The number of amides is 1.